The van der Waals surface area contributed by atoms with E-state index in [9.17, 15) is 9.18 Å². The van der Waals surface area contributed by atoms with Gasteiger partial charge in [-0.25, -0.2) is 4.39 Å². The number of benzene rings is 1. The van der Waals surface area contributed by atoms with Crippen LogP contribution < -0.4 is 5.32 Å². The maximum atomic E-state index is 13.2. The summed E-state index contributed by atoms with van der Waals surface area (Å²) in [5.74, 6) is -0.344. The van der Waals surface area contributed by atoms with Gasteiger partial charge in [0.2, 0.25) is 5.91 Å². The van der Waals surface area contributed by atoms with Crippen LogP contribution in [0.1, 0.15) is 25.0 Å². The highest BCUT2D eigenvalue weighted by Crippen LogP contribution is 2.39. The van der Waals surface area contributed by atoms with Gasteiger partial charge in [0.15, 0.2) is 0 Å². The normalized spacial score (nSPS) is 17.9. The number of rotatable bonds is 0. The maximum Gasteiger partial charge on any atom is 0.234 e. The summed E-state index contributed by atoms with van der Waals surface area (Å²) in [6.07, 6.45) is 0. The standard InChI is InChI=1S/C11H12FNO/c1-6-8(12)5-4-7-9(6)13-10(14)11(7,2)3/h4-5H,1-3H3,(H,13,14). The van der Waals surface area contributed by atoms with Crippen LogP contribution in [-0.4, -0.2) is 5.91 Å². The molecule has 0 bridgehead atoms. The molecular formula is C11H12FNO. The second-order valence-corrected chi connectivity index (χ2v) is 4.17. The lowest BCUT2D eigenvalue weighted by molar-refractivity contribution is -0.119. The molecule has 74 valence electrons. The summed E-state index contributed by atoms with van der Waals surface area (Å²) in [6, 6.07) is 3.09. The molecule has 1 amide bonds. The Hall–Kier alpha value is -1.38. The Balaban J connectivity index is 2.70. The minimum Gasteiger partial charge on any atom is -0.325 e. The van der Waals surface area contributed by atoms with Crippen LogP contribution in [0, 0.1) is 12.7 Å². The summed E-state index contributed by atoms with van der Waals surface area (Å²) in [6.45, 7) is 5.35. The lowest BCUT2D eigenvalue weighted by atomic mass is 9.85. The summed E-state index contributed by atoms with van der Waals surface area (Å²) in [4.78, 5) is 11.6. The Labute approximate surface area is 82.1 Å². The first-order chi connectivity index (χ1) is 6.44. The molecule has 2 rings (SSSR count). The number of halogens is 1. The first-order valence-corrected chi connectivity index (χ1v) is 4.55. The van der Waals surface area contributed by atoms with Crippen LogP contribution in [-0.2, 0) is 10.2 Å². The number of anilines is 1. The molecule has 1 aromatic carbocycles. The average Bonchev–Trinajstić information content (AvgIpc) is 2.33. The number of hydrogen-bond acceptors (Lipinski definition) is 1. The molecule has 1 N–H and O–H groups in total. The van der Waals surface area contributed by atoms with Crippen LogP contribution in [0.5, 0.6) is 0 Å². The molecule has 0 saturated carbocycles. The van der Waals surface area contributed by atoms with Crippen molar-refractivity contribution >= 4 is 11.6 Å². The van der Waals surface area contributed by atoms with Gasteiger partial charge in [0.1, 0.15) is 5.82 Å². The fourth-order valence-corrected chi connectivity index (χ4v) is 1.76. The van der Waals surface area contributed by atoms with E-state index in [0.29, 0.717) is 11.3 Å². The molecule has 0 aromatic heterocycles. The molecule has 0 spiro atoms. The van der Waals surface area contributed by atoms with Crippen LogP contribution >= 0.6 is 0 Å². The van der Waals surface area contributed by atoms with E-state index in [-0.39, 0.29) is 11.7 Å². The number of carbonyl (C=O) groups excluding carboxylic acids is 1. The van der Waals surface area contributed by atoms with Gasteiger partial charge in [-0.15, -0.1) is 0 Å². The minimum atomic E-state index is -0.548. The van der Waals surface area contributed by atoms with Crippen molar-refractivity contribution < 1.29 is 9.18 Å². The van der Waals surface area contributed by atoms with E-state index in [2.05, 4.69) is 5.32 Å². The zero-order valence-corrected chi connectivity index (χ0v) is 8.44. The average molecular weight is 193 g/mol. The number of fused-ring (bicyclic) bond motifs is 1. The van der Waals surface area contributed by atoms with E-state index in [1.165, 1.54) is 6.07 Å². The molecule has 14 heavy (non-hydrogen) atoms. The van der Waals surface area contributed by atoms with E-state index in [0.717, 1.165) is 5.56 Å². The summed E-state index contributed by atoms with van der Waals surface area (Å²) in [7, 11) is 0. The Bertz CT molecular complexity index is 424. The van der Waals surface area contributed by atoms with Crippen LogP contribution in [0.2, 0.25) is 0 Å². The van der Waals surface area contributed by atoms with Gasteiger partial charge in [-0.2, -0.15) is 0 Å². The number of nitrogens with one attached hydrogen (secondary N) is 1. The van der Waals surface area contributed by atoms with Gasteiger partial charge in [-0.05, 0) is 32.4 Å². The zero-order valence-electron chi connectivity index (χ0n) is 8.44. The predicted octanol–water partition coefficient (Wildman–Crippen LogP) is 2.36. The highest BCUT2D eigenvalue weighted by molar-refractivity contribution is 6.06. The van der Waals surface area contributed by atoms with E-state index >= 15 is 0 Å². The fraction of sp³-hybridized carbons (Fsp3) is 0.364. The molecule has 2 nitrogen and oxygen atoms in total. The van der Waals surface area contributed by atoms with E-state index in [1.807, 2.05) is 13.8 Å². The molecular weight excluding hydrogens is 181 g/mol. The Kier molecular flexibility index (Phi) is 1.68. The van der Waals surface area contributed by atoms with E-state index in [4.69, 9.17) is 0 Å². The van der Waals surface area contributed by atoms with Gasteiger partial charge in [-0.1, -0.05) is 6.07 Å². The number of carbonyl (C=O) groups is 1. The highest BCUT2D eigenvalue weighted by Gasteiger charge is 2.39. The van der Waals surface area contributed by atoms with Crippen molar-refractivity contribution in [3.8, 4) is 0 Å². The summed E-state index contributed by atoms with van der Waals surface area (Å²) in [5.41, 5.74) is 1.48. The zero-order chi connectivity index (χ0) is 10.5. The van der Waals surface area contributed by atoms with Gasteiger partial charge in [0.25, 0.3) is 0 Å². The maximum absolute atomic E-state index is 13.2. The van der Waals surface area contributed by atoms with Gasteiger partial charge >= 0.3 is 0 Å². The summed E-state index contributed by atoms with van der Waals surface area (Å²) < 4.78 is 13.2. The Morgan fingerprint density at radius 2 is 2.00 bits per heavy atom. The second-order valence-electron chi connectivity index (χ2n) is 4.17. The first kappa shape index (κ1) is 9.19. The largest absolute Gasteiger partial charge is 0.325 e. The molecule has 1 aromatic rings. The van der Waals surface area contributed by atoms with Crippen molar-refractivity contribution in [2.75, 3.05) is 5.32 Å². The molecule has 0 aliphatic carbocycles. The van der Waals surface area contributed by atoms with Crippen LogP contribution in [0.4, 0.5) is 10.1 Å². The molecule has 0 saturated heterocycles. The second kappa shape index (κ2) is 2.56. The Morgan fingerprint density at radius 1 is 1.36 bits per heavy atom. The fourth-order valence-electron chi connectivity index (χ4n) is 1.76. The third-order valence-corrected chi connectivity index (χ3v) is 2.88. The number of amides is 1. The topological polar surface area (TPSA) is 29.1 Å². The third kappa shape index (κ3) is 0.983. The summed E-state index contributed by atoms with van der Waals surface area (Å²) in [5, 5.41) is 2.72. The first-order valence-electron chi connectivity index (χ1n) is 4.55. The highest BCUT2D eigenvalue weighted by atomic mass is 19.1. The van der Waals surface area contributed by atoms with Gasteiger partial charge in [0.05, 0.1) is 11.1 Å². The van der Waals surface area contributed by atoms with Crippen molar-refractivity contribution in [2.45, 2.75) is 26.2 Å². The lowest BCUT2D eigenvalue weighted by Gasteiger charge is -2.14. The van der Waals surface area contributed by atoms with Gasteiger partial charge < -0.3 is 5.32 Å². The Morgan fingerprint density at radius 3 is 2.64 bits per heavy atom. The van der Waals surface area contributed by atoms with Crippen molar-refractivity contribution in [3.63, 3.8) is 0 Å². The van der Waals surface area contributed by atoms with Crippen molar-refractivity contribution in [3.05, 3.63) is 29.1 Å². The minimum absolute atomic E-state index is 0.0683. The van der Waals surface area contributed by atoms with Gasteiger partial charge in [0, 0.05) is 5.56 Å². The quantitative estimate of drug-likeness (QED) is 0.673. The molecule has 0 unspecified atom stereocenters. The van der Waals surface area contributed by atoms with Crippen molar-refractivity contribution in [1.82, 2.24) is 0 Å². The monoisotopic (exact) mass is 193 g/mol. The molecule has 1 heterocycles. The van der Waals surface area contributed by atoms with Crippen LogP contribution in [0.25, 0.3) is 0 Å². The molecule has 0 fully saturated rings. The van der Waals surface area contributed by atoms with Crippen molar-refractivity contribution in [1.29, 1.82) is 0 Å². The summed E-state index contributed by atoms with van der Waals surface area (Å²) >= 11 is 0. The third-order valence-electron chi connectivity index (χ3n) is 2.88. The lowest BCUT2D eigenvalue weighted by Crippen LogP contribution is -2.26. The molecule has 1 aliphatic heterocycles. The van der Waals surface area contributed by atoms with E-state index in [1.54, 1.807) is 13.0 Å². The van der Waals surface area contributed by atoms with E-state index < -0.39 is 5.41 Å². The van der Waals surface area contributed by atoms with Crippen LogP contribution in [0.3, 0.4) is 0 Å². The smallest absolute Gasteiger partial charge is 0.234 e. The molecule has 0 radical (unpaired) electrons. The SMILES string of the molecule is Cc1c(F)ccc2c1NC(=O)C2(C)C. The predicted molar refractivity (Wildman–Crippen MR) is 52.8 cm³/mol. The molecule has 3 heteroatoms. The van der Waals surface area contributed by atoms with Crippen molar-refractivity contribution in [2.24, 2.45) is 0 Å². The van der Waals surface area contributed by atoms with Crippen LogP contribution in [0.15, 0.2) is 12.1 Å². The number of hydrogen-bond donors (Lipinski definition) is 1. The molecule has 1 aliphatic rings. The molecule has 0 atom stereocenters. The van der Waals surface area contributed by atoms with Gasteiger partial charge in [-0.3, -0.25) is 4.79 Å².